The lowest BCUT2D eigenvalue weighted by Gasteiger charge is -2.06. The Labute approximate surface area is 123 Å². The minimum Gasteiger partial charge on any atom is -0.399 e. The number of benzene rings is 1. The van der Waals surface area contributed by atoms with Crippen LogP contribution in [0.15, 0.2) is 23.1 Å². The second kappa shape index (κ2) is 10.2. The molecule has 2 heteroatoms. The third-order valence-corrected chi connectivity index (χ3v) is 4.72. The normalized spacial score (nSPS) is 10.8. The summed E-state index contributed by atoms with van der Waals surface area (Å²) < 4.78 is 0. The fourth-order valence-electron chi connectivity index (χ4n) is 2.25. The van der Waals surface area contributed by atoms with Crippen LogP contribution in [0.3, 0.4) is 0 Å². The van der Waals surface area contributed by atoms with E-state index < -0.39 is 0 Å². The maximum atomic E-state index is 5.76. The largest absolute Gasteiger partial charge is 0.399 e. The summed E-state index contributed by atoms with van der Waals surface area (Å²) in [5, 5.41) is 0. The van der Waals surface area contributed by atoms with Gasteiger partial charge in [-0.1, -0.05) is 51.9 Å². The Morgan fingerprint density at radius 2 is 1.58 bits per heavy atom. The van der Waals surface area contributed by atoms with Crippen molar-refractivity contribution in [3.05, 3.63) is 23.8 Å². The molecule has 0 saturated heterocycles. The van der Waals surface area contributed by atoms with E-state index in [9.17, 15) is 0 Å². The van der Waals surface area contributed by atoms with E-state index in [2.05, 4.69) is 26.0 Å². The minimum atomic E-state index is 0.869. The summed E-state index contributed by atoms with van der Waals surface area (Å²) in [5.41, 5.74) is 7.94. The van der Waals surface area contributed by atoms with Crippen molar-refractivity contribution >= 4 is 17.4 Å². The van der Waals surface area contributed by atoms with Gasteiger partial charge in [-0.3, -0.25) is 0 Å². The van der Waals surface area contributed by atoms with Gasteiger partial charge in [-0.05, 0) is 42.9 Å². The summed E-state index contributed by atoms with van der Waals surface area (Å²) in [6.45, 7) is 4.42. The van der Waals surface area contributed by atoms with Gasteiger partial charge in [0.25, 0.3) is 0 Å². The lowest BCUT2D eigenvalue weighted by molar-refractivity contribution is 0.586. The van der Waals surface area contributed by atoms with E-state index in [-0.39, 0.29) is 0 Å². The molecule has 1 nitrogen and oxygen atoms in total. The number of anilines is 1. The summed E-state index contributed by atoms with van der Waals surface area (Å²) in [6.07, 6.45) is 11.2. The first-order valence-electron chi connectivity index (χ1n) is 7.73. The third-order valence-electron chi connectivity index (χ3n) is 3.45. The highest BCUT2D eigenvalue weighted by Gasteiger charge is 1.99. The van der Waals surface area contributed by atoms with Gasteiger partial charge in [0.05, 0.1) is 0 Å². The van der Waals surface area contributed by atoms with Gasteiger partial charge in [0.15, 0.2) is 0 Å². The quantitative estimate of drug-likeness (QED) is 0.332. The second-order valence-electron chi connectivity index (χ2n) is 5.35. The van der Waals surface area contributed by atoms with Crippen LogP contribution < -0.4 is 5.73 Å². The summed E-state index contributed by atoms with van der Waals surface area (Å²) in [4.78, 5) is 1.39. The van der Waals surface area contributed by atoms with Crippen LogP contribution in [0.25, 0.3) is 0 Å². The molecule has 0 amide bonds. The molecule has 0 atom stereocenters. The Kier molecular flexibility index (Phi) is 8.81. The number of nitrogens with two attached hydrogens (primary N) is 1. The summed E-state index contributed by atoms with van der Waals surface area (Å²) in [6, 6.07) is 6.22. The first-order chi connectivity index (χ1) is 9.24. The van der Waals surface area contributed by atoms with Crippen LogP contribution in [-0.2, 0) is 0 Å². The number of aryl methyl sites for hydroxylation is 1. The van der Waals surface area contributed by atoms with Crippen LogP contribution in [0.1, 0.15) is 63.9 Å². The van der Waals surface area contributed by atoms with E-state index in [0.29, 0.717) is 0 Å². The van der Waals surface area contributed by atoms with Crippen LogP contribution in [0, 0.1) is 6.92 Å². The standard InChI is InChI=1S/C17H29NS/c1-3-4-5-6-7-8-9-10-13-19-17-12-11-16(18)14-15(17)2/h11-12,14H,3-10,13,18H2,1-2H3. The first kappa shape index (κ1) is 16.4. The zero-order valence-electron chi connectivity index (χ0n) is 12.6. The molecule has 0 radical (unpaired) electrons. The molecule has 0 spiro atoms. The molecule has 0 bridgehead atoms. The summed E-state index contributed by atoms with van der Waals surface area (Å²) in [7, 11) is 0. The minimum absolute atomic E-state index is 0.869. The lowest BCUT2D eigenvalue weighted by Crippen LogP contribution is -1.88. The molecule has 0 heterocycles. The van der Waals surface area contributed by atoms with Crippen molar-refractivity contribution in [1.82, 2.24) is 0 Å². The topological polar surface area (TPSA) is 26.0 Å². The van der Waals surface area contributed by atoms with E-state index in [4.69, 9.17) is 5.73 Å². The van der Waals surface area contributed by atoms with Crippen molar-refractivity contribution in [2.75, 3.05) is 11.5 Å². The monoisotopic (exact) mass is 279 g/mol. The van der Waals surface area contributed by atoms with Crippen LogP contribution in [0.2, 0.25) is 0 Å². The molecular weight excluding hydrogens is 250 g/mol. The molecule has 0 saturated carbocycles. The molecule has 0 aliphatic rings. The van der Waals surface area contributed by atoms with E-state index in [1.165, 1.54) is 67.6 Å². The van der Waals surface area contributed by atoms with E-state index >= 15 is 0 Å². The van der Waals surface area contributed by atoms with Crippen molar-refractivity contribution in [1.29, 1.82) is 0 Å². The summed E-state index contributed by atoms with van der Waals surface area (Å²) >= 11 is 1.97. The molecule has 0 fully saturated rings. The van der Waals surface area contributed by atoms with Gasteiger partial charge in [0, 0.05) is 10.6 Å². The SMILES string of the molecule is CCCCCCCCCCSc1ccc(N)cc1C. The number of hydrogen-bond acceptors (Lipinski definition) is 2. The average Bonchev–Trinajstić information content (AvgIpc) is 2.39. The Bertz CT molecular complexity index is 349. The summed E-state index contributed by atoms with van der Waals surface area (Å²) in [5.74, 6) is 1.24. The molecule has 1 aromatic rings. The van der Waals surface area contributed by atoms with E-state index in [1.54, 1.807) is 0 Å². The van der Waals surface area contributed by atoms with Gasteiger partial charge in [-0.2, -0.15) is 0 Å². The molecule has 0 aromatic heterocycles. The molecule has 19 heavy (non-hydrogen) atoms. The maximum absolute atomic E-state index is 5.76. The van der Waals surface area contributed by atoms with Gasteiger partial charge in [0.2, 0.25) is 0 Å². The van der Waals surface area contributed by atoms with Crippen molar-refractivity contribution in [3.8, 4) is 0 Å². The number of rotatable bonds is 10. The molecule has 108 valence electrons. The molecule has 1 aromatic carbocycles. The highest BCUT2D eigenvalue weighted by molar-refractivity contribution is 7.99. The van der Waals surface area contributed by atoms with Gasteiger partial charge in [0.1, 0.15) is 0 Å². The Balaban J connectivity index is 2.01. The highest BCUT2D eigenvalue weighted by Crippen LogP contribution is 2.25. The van der Waals surface area contributed by atoms with Crippen LogP contribution in [0.5, 0.6) is 0 Å². The smallest absolute Gasteiger partial charge is 0.0317 e. The average molecular weight is 279 g/mol. The number of hydrogen-bond donors (Lipinski definition) is 1. The Morgan fingerprint density at radius 3 is 2.21 bits per heavy atom. The van der Waals surface area contributed by atoms with Gasteiger partial charge in [-0.15, -0.1) is 11.8 Å². The zero-order valence-corrected chi connectivity index (χ0v) is 13.4. The van der Waals surface area contributed by atoms with Crippen molar-refractivity contribution in [2.45, 2.75) is 70.1 Å². The van der Waals surface area contributed by atoms with Crippen molar-refractivity contribution < 1.29 is 0 Å². The van der Waals surface area contributed by atoms with Crippen molar-refractivity contribution in [3.63, 3.8) is 0 Å². The first-order valence-corrected chi connectivity index (χ1v) is 8.71. The fraction of sp³-hybridized carbons (Fsp3) is 0.647. The molecule has 1 rings (SSSR count). The second-order valence-corrected chi connectivity index (χ2v) is 6.49. The highest BCUT2D eigenvalue weighted by atomic mass is 32.2. The molecule has 0 aliphatic heterocycles. The predicted octanol–water partition coefficient (Wildman–Crippen LogP) is 5.81. The molecular formula is C17H29NS. The van der Waals surface area contributed by atoms with Crippen LogP contribution in [-0.4, -0.2) is 5.75 Å². The Hall–Kier alpha value is -0.630. The fourth-order valence-corrected chi connectivity index (χ4v) is 3.27. The predicted molar refractivity (Wildman–Crippen MR) is 88.9 cm³/mol. The number of nitrogen functional groups attached to an aromatic ring is 1. The Morgan fingerprint density at radius 1 is 0.947 bits per heavy atom. The van der Waals surface area contributed by atoms with E-state index in [0.717, 1.165) is 5.69 Å². The lowest BCUT2D eigenvalue weighted by atomic mass is 10.1. The zero-order chi connectivity index (χ0) is 13.9. The van der Waals surface area contributed by atoms with Gasteiger partial charge in [-0.25, -0.2) is 0 Å². The maximum Gasteiger partial charge on any atom is 0.0317 e. The van der Waals surface area contributed by atoms with Crippen LogP contribution in [0.4, 0.5) is 5.69 Å². The number of thioether (sulfide) groups is 1. The van der Waals surface area contributed by atoms with Gasteiger partial charge < -0.3 is 5.73 Å². The van der Waals surface area contributed by atoms with E-state index in [1.807, 2.05) is 17.8 Å². The van der Waals surface area contributed by atoms with Crippen LogP contribution >= 0.6 is 11.8 Å². The van der Waals surface area contributed by atoms with Gasteiger partial charge >= 0.3 is 0 Å². The molecule has 0 unspecified atom stereocenters. The molecule has 0 aliphatic carbocycles. The third kappa shape index (κ3) is 7.51. The van der Waals surface area contributed by atoms with Crippen molar-refractivity contribution in [2.24, 2.45) is 0 Å². The number of unbranched alkanes of at least 4 members (excludes halogenated alkanes) is 7. The molecule has 2 N–H and O–H groups in total.